The summed E-state index contributed by atoms with van der Waals surface area (Å²) >= 11 is 0. The van der Waals surface area contributed by atoms with Gasteiger partial charge < -0.3 is 5.11 Å². The maximum absolute atomic E-state index is 10.1. The SMILES string of the molecule is CC(C)=CC(c1ccncn1)c1cc(C#N)ccc1O. The lowest BCUT2D eigenvalue weighted by molar-refractivity contribution is 0.467. The van der Waals surface area contributed by atoms with Gasteiger partial charge in [0, 0.05) is 17.7 Å². The Hall–Kier alpha value is -2.67. The normalized spacial score (nSPS) is 11.4. The second-order valence-corrected chi connectivity index (χ2v) is 4.74. The van der Waals surface area contributed by atoms with E-state index in [9.17, 15) is 5.11 Å². The van der Waals surface area contributed by atoms with Gasteiger partial charge in [-0.15, -0.1) is 0 Å². The summed E-state index contributed by atoms with van der Waals surface area (Å²) in [5.74, 6) is -0.0404. The van der Waals surface area contributed by atoms with Gasteiger partial charge in [-0.2, -0.15) is 5.26 Å². The van der Waals surface area contributed by atoms with Crippen LogP contribution in [0.25, 0.3) is 0 Å². The number of benzene rings is 1. The predicted octanol–water partition coefficient (Wildman–Crippen LogP) is 3.15. The highest BCUT2D eigenvalue weighted by Crippen LogP contribution is 2.32. The first-order valence-electron chi connectivity index (χ1n) is 6.25. The summed E-state index contributed by atoms with van der Waals surface area (Å²) < 4.78 is 0. The van der Waals surface area contributed by atoms with Gasteiger partial charge in [0.2, 0.25) is 0 Å². The molecule has 100 valence electrons. The van der Waals surface area contributed by atoms with Gasteiger partial charge in [0.1, 0.15) is 12.1 Å². The van der Waals surface area contributed by atoms with Crippen LogP contribution in [0.1, 0.15) is 36.6 Å². The van der Waals surface area contributed by atoms with E-state index < -0.39 is 0 Å². The van der Waals surface area contributed by atoms with E-state index in [1.54, 1.807) is 24.4 Å². The summed E-state index contributed by atoms with van der Waals surface area (Å²) in [4.78, 5) is 8.17. The number of hydrogen-bond donors (Lipinski definition) is 1. The molecule has 1 aromatic carbocycles. The van der Waals surface area contributed by atoms with Crippen molar-refractivity contribution in [2.45, 2.75) is 19.8 Å². The Bertz CT molecular complexity index is 668. The summed E-state index contributed by atoms with van der Waals surface area (Å²) in [6, 6.07) is 8.73. The van der Waals surface area contributed by atoms with Crippen molar-refractivity contribution in [3.8, 4) is 11.8 Å². The van der Waals surface area contributed by atoms with Gasteiger partial charge in [0.25, 0.3) is 0 Å². The lowest BCUT2D eigenvalue weighted by atomic mass is 9.91. The van der Waals surface area contributed by atoms with E-state index >= 15 is 0 Å². The van der Waals surface area contributed by atoms with Crippen LogP contribution < -0.4 is 0 Å². The van der Waals surface area contributed by atoms with E-state index in [2.05, 4.69) is 16.0 Å². The van der Waals surface area contributed by atoms with Crippen LogP contribution in [0, 0.1) is 11.3 Å². The molecule has 0 aliphatic carbocycles. The highest BCUT2D eigenvalue weighted by molar-refractivity contribution is 5.47. The molecule has 0 saturated heterocycles. The highest BCUT2D eigenvalue weighted by atomic mass is 16.3. The van der Waals surface area contributed by atoms with Crippen molar-refractivity contribution in [1.82, 2.24) is 9.97 Å². The largest absolute Gasteiger partial charge is 0.508 e. The molecule has 0 bridgehead atoms. The van der Waals surface area contributed by atoms with Crippen LogP contribution in [0.3, 0.4) is 0 Å². The molecule has 0 amide bonds. The summed E-state index contributed by atoms with van der Waals surface area (Å²) in [6.07, 6.45) is 5.16. The third-order valence-electron chi connectivity index (χ3n) is 2.92. The number of phenols is 1. The molecule has 0 fully saturated rings. The molecule has 20 heavy (non-hydrogen) atoms. The molecule has 0 spiro atoms. The maximum atomic E-state index is 10.1. The summed E-state index contributed by atoms with van der Waals surface area (Å²) in [7, 11) is 0. The Balaban J connectivity index is 2.59. The Morgan fingerprint density at radius 1 is 1.35 bits per heavy atom. The lowest BCUT2D eigenvalue weighted by Gasteiger charge is -2.15. The van der Waals surface area contributed by atoms with Crippen LogP contribution >= 0.6 is 0 Å². The third-order valence-corrected chi connectivity index (χ3v) is 2.92. The Morgan fingerprint density at radius 3 is 2.75 bits per heavy atom. The fraction of sp³-hybridized carbons (Fsp3) is 0.188. The van der Waals surface area contributed by atoms with E-state index in [0.29, 0.717) is 11.1 Å². The minimum atomic E-state index is -0.198. The van der Waals surface area contributed by atoms with Crippen molar-refractivity contribution in [3.63, 3.8) is 0 Å². The molecule has 0 radical (unpaired) electrons. The van der Waals surface area contributed by atoms with E-state index in [1.807, 2.05) is 26.0 Å². The number of aromatic nitrogens is 2. The zero-order valence-corrected chi connectivity index (χ0v) is 11.4. The van der Waals surface area contributed by atoms with E-state index in [-0.39, 0.29) is 11.7 Å². The quantitative estimate of drug-likeness (QED) is 0.865. The summed E-state index contributed by atoms with van der Waals surface area (Å²) in [5, 5.41) is 19.1. The van der Waals surface area contributed by atoms with Crippen LogP contribution in [0.2, 0.25) is 0 Å². The number of hydrogen-bond acceptors (Lipinski definition) is 4. The number of allylic oxidation sites excluding steroid dienone is 2. The molecule has 0 aliphatic heterocycles. The molecule has 0 aliphatic rings. The summed E-state index contributed by atoms with van der Waals surface area (Å²) in [6.45, 7) is 3.97. The van der Waals surface area contributed by atoms with Gasteiger partial charge in [-0.05, 0) is 38.1 Å². The van der Waals surface area contributed by atoms with Crippen LogP contribution in [0.15, 0.2) is 48.4 Å². The van der Waals surface area contributed by atoms with Crippen LogP contribution in [-0.2, 0) is 0 Å². The summed E-state index contributed by atoms with van der Waals surface area (Å²) in [5.41, 5.74) is 3.07. The van der Waals surface area contributed by atoms with Gasteiger partial charge >= 0.3 is 0 Å². The zero-order chi connectivity index (χ0) is 14.5. The minimum Gasteiger partial charge on any atom is -0.508 e. The number of nitrogens with zero attached hydrogens (tertiary/aromatic N) is 3. The van der Waals surface area contributed by atoms with E-state index in [1.165, 1.54) is 6.33 Å². The van der Waals surface area contributed by atoms with Crippen molar-refractivity contribution >= 4 is 0 Å². The lowest BCUT2D eigenvalue weighted by Crippen LogP contribution is -2.02. The number of phenolic OH excluding ortho intramolecular Hbond substituents is 1. The Morgan fingerprint density at radius 2 is 2.15 bits per heavy atom. The monoisotopic (exact) mass is 265 g/mol. The molecule has 2 aromatic rings. The van der Waals surface area contributed by atoms with Gasteiger partial charge in [0.05, 0.1) is 17.3 Å². The molecule has 1 N–H and O–H groups in total. The molecule has 1 heterocycles. The maximum Gasteiger partial charge on any atom is 0.119 e. The average molecular weight is 265 g/mol. The third kappa shape index (κ3) is 3.01. The standard InChI is InChI=1S/C16H15N3O/c1-11(2)7-13(15-5-6-18-10-19-15)14-8-12(9-17)3-4-16(14)20/h3-8,10,13,20H,1-2H3. The topological polar surface area (TPSA) is 69.8 Å². The molecule has 0 saturated carbocycles. The van der Waals surface area contributed by atoms with E-state index in [0.717, 1.165) is 11.3 Å². The predicted molar refractivity (Wildman–Crippen MR) is 76.1 cm³/mol. The molecule has 4 nitrogen and oxygen atoms in total. The van der Waals surface area contributed by atoms with Gasteiger partial charge in [-0.3, -0.25) is 0 Å². The number of nitriles is 1. The first-order chi connectivity index (χ1) is 9.61. The molecular weight excluding hydrogens is 250 g/mol. The van der Waals surface area contributed by atoms with E-state index in [4.69, 9.17) is 5.26 Å². The minimum absolute atomic E-state index is 0.158. The van der Waals surface area contributed by atoms with Crippen molar-refractivity contribution in [1.29, 1.82) is 5.26 Å². The smallest absolute Gasteiger partial charge is 0.119 e. The van der Waals surface area contributed by atoms with Gasteiger partial charge in [0.15, 0.2) is 0 Å². The first kappa shape index (κ1) is 13.8. The average Bonchev–Trinajstić information content (AvgIpc) is 2.46. The molecule has 2 rings (SSSR count). The molecule has 1 aromatic heterocycles. The second-order valence-electron chi connectivity index (χ2n) is 4.74. The number of aromatic hydroxyl groups is 1. The molecular formula is C16H15N3O. The van der Waals surface area contributed by atoms with Crippen molar-refractivity contribution < 1.29 is 5.11 Å². The molecule has 4 heteroatoms. The highest BCUT2D eigenvalue weighted by Gasteiger charge is 2.17. The van der Waals surface area contributed by atoms with Gasteiger partial charge in [-0.25, -0.2) is 9.97 Å². The van der Waals surface area contributed by atoms with Crippen molar-refractivity contribution in [2.75, 3.05) is 0 Å². The zero-order valence-electron chi connectivity index (χ0n) is 11.4. The number of rotatable bonds is 3. The van der Waals surface area contributed by atoms with Crippen LogP contribution in [-0.4, -0.2) is 15.1 Å². The second kappa shape index (κ2) is 5.98. The molecule has 1 unspecified atom stereocenters. The van der Waals surface area contributed by atoms with Crippen molar-refractivity contribution in [2.24, 2.45) is 0 Å². The van der Waals surface area contributed by atoms with Crippen LogP contribution in [0.5, 0.6) is 5.75 Å². The van der Waals surface area contributed by atoms with Crippen molar-refractivity contribution in [3.05, 3.63) is 65.3 Å². The van der Waals surface area contributed by atoms with Gasteiger partial charge in [-0.1, -0.05) is 11.6 Å². The fourth-order valence-electron chi connectivity index (χ4n) is 2.03. The Labute approximate surface area is 118 Å². The first-order valence-corrected chi connectivity index (χ1v) is 6.25. The Kier molecular flexibility index (Phi) is 4.11. The fourth-order valence-corrected chi connectivity index (χ4v) is 2.03. The molecule has 1 atom stereocenters. The van der Waals surface area contributed by atoms with Crippen LogP contribution in [0.4, 0.5) is 0 Å².